The molecule has 0 aromatic carbocycles. The zero-order valence-corrected chi connectivity index (χ0v) is 17.9. The summed E-state index contributed by atoms with van der Waals surface area (Å²) < 4.78 is 5.83. The largest absolute Gasteiger partial charge is 0.369 e. The number of rotatable bonds is 3. The Morgan fingerprint density at radius 1 is 1.24 bits per heavy atom. The second-order valence-corrected chi connectivity index (χ2v) is 8.43. The fourth-order valence-electron chi connectivity index (χ4n) is 4.29. The third-order valence-corrected chi connectivity index (χ3v) is 5.83. The maximum Gasteiger partial charge on any atom is 0.274 e. The van der Waals surface area contributed by atoms with Crippen molar-refractivity contribution in [2.24, 2.45) is 0 Å². The first-order valence-electron chi connectivity index (χ1n) is 10.5. The molecule has 4 heterocycles. The first-order valence-corrected chi connectivity index (χ1v) is 10.5. The molecule has 1 N–H and O–H groups in total. The van der Waals surface area contributed by atoms with Crippen LogP contribution in [-0.2, 0) is 11.2 Å². The van der Waals surface area contributed by atoms with Crippen LogP contribution in [0, 0.1) is 6.92 Å². The highest BCUT2D eigenvalue weighted by Gasteiger charge is 2.32. The molecule has 0 spiro atoms. The highest BCUT2D eigenvalue weighted by Crippen LogP contribution is 2.30. The number of hydrogen-bond acceptors (Lipinski definition) is 6. The molecule has 4 rings (SSSR count). The molecule has 8 nitrogen and oxygen atoms in total. The number of piperazine rings is 1. The van der Waals surface area contributed by atoms with Gasteiger partial charge in [0, 0.05) is 44.4 Å². The van der Waals surface area contributed by atoms with Crippen LogP contribution in [-0.4, -0.2) is 63.3 Å². The van der Waals surface area contributed by atoms with Gasteiger partial charge in [-0.05, 0) is 32.3 Å². The third-order valence-electron chi connectivity index (χ3n) is 5.83. The van der Waals surface area contributed by atoms with E-state index in [4.69, 9.17) is 9.72 Å². The summed E-state index contributed by atoms with van der Waals surface area (Å²) in [5.41, 5.74) is 4.69. The smallest absolute Gasteiger partial charge is 0.274 e. The van der Waals surface area contributed by atoms with Crippen molar-refractivity contribution in [3.05, 3.63) is 34.4 Å². The average molecular weight is 399 g/mol. The maximum atomic E-state index is 13.1. The second kappa shape index (κ2) is 7.74. The number of nitrogens with one attached hydrogen (secondary N) is 1. The summed E-state index contributed by atoms with van der Waals surface area (Å²) in [6.07, 6.45) is 2.64. The molecule has 29 heavy (non-hydrogen) atoms. The molecular weight excluding hydrogens is 368 g/mol. The monoisotopic (exact) mass is 398 g/mol. The number of H-pyrrole nitrogens is 1. The van der Waals surface area contributed by atoms with Gasteiger partial charge in [0.05, 0.1) is 23.6 Å². The summed E-state index contributed by atoms with van der Waals surface area (Å²) in [5, 5.41) is 7.36. The SMILES string of the molecule is Cc1cnc(N2CCN(C(=O)c3n[nH]c4c3C[C@H](C)O[C@@H]4C)CC2)nc1C(C)C. The van der Waals surface area contributed by atoms with Gasteiger partial charge in [0.2, 0.25) is 5.95 Å². The van der Waals surface area contributed by atoms with Gasteiger partial charge in [0.25, 0.3) is 5.91 Å². The van der Waals surface area contributed by atoms with Crippen LogP contribution in [0.1, 0.15) is 72.7 Å². The van der Waals surface area contributed by atoms with Crippen molar-refractivity contribution in [2.75, 3.05) is 31.1 Å². The van der Waals surface area contributed by atoms with Gasteiger partial charge in [-0.25, -0.2) is 9.97 Å². The van der Waals surface area contributed by atoms with Crippen LogP contribution in [0.4, 0.5) is 5.95 Å². The molecule has 2 aliphatic heterocycles. The highest BCUT2D eigenvalue weighted by atomic mass is 16.5. The Kier molecular flexibility index (Phi) is 5.29. The predicted octanol–water partition coefficient (Wildman–Crippen LogP) is 2.62. The lowest BCUT2D eigenvalue weighted by molar-refractivity contribution is -0.00702. The quantitative estimate of drug-likeness (QED) is 0.855. The van der Waals surface area contributed by atoms with Crippen LogP contribution in [0.5, 0.6) is 0 Å². The van der Waals surface area contributed by atoms with Crippen molar-refractivity contribution >= 4 is 11.9 Å². The zero-order valence-electron chi connectivity index (χ0n) is 17.9. The molecule has 0 unspecified atom stereocenters. The lowest BCUT2D eigenvalue weighted by Gasteiger charge is -2.35. The molecule has 0 bridgehead atoms. The van der Waals surface area contributed by atoms with Crippen molar-refractivity contribution in [3.8, 4) is 0 Å². The number of fused-ring (bicyclic) bond motifs is 1. The molecule has 0 radical (unpaired) electrons. The third kappa shape index (κ3) is 3.73. The number of ether oxygens (including phenoxy) is 1. The molecular formula is C21H30N6O2. The van der Waals surface area contributed by atoms with Crippen LogP contribution in [0.25, 0.3) is 0 Å². The molecule has 2 aromatic rings. The molecule has 2 atom stereocenters. The number of carbonyl (C=O) groups excluding carboxylic acids is 1. The zero-order chi connectivity index (χ0) is 20.7. The van der Waals surface area contributed by atoms with E-state index >= 15 is 0 Å². The van der Waals surface area contributed by atoms with Crippen molar-refractivity contribution in [3.63, 3.8) is 0 Å². The Morgan fingerprint density at radius 2 is 1.97 bits per heavy atom. The predicted molar refractivity (Wildman–Crippen MR) is 110 cm³/mol. The van der Waals surface area contributed by atoms with Crippen LogP contribution in [0.2, 0.25) is 0 Å². The summed E-state index contributed by atoms with van der Waals surface area (Å²) in [5.74, 6) is 1.11. The fraction of sp³-hybridized carbons (Fsp3) is 0.619. The fourth-order valence-corrected chi connectivity index (χ4v) is 4.29. The Labute approximate surface area is 171 Å². The van der Waals surface area contributed by atoms with Gasteiger partial charge in [0.1, 0.15) is 0 Å². The minimum atomic E-state index is -0.0616. The molecule has 0 aliphatic carbocycles. The molecule has 156 valence electrons. The number of aromatic amines is 1. The normalized spacial score (nSPS) is 22.1. The van der Waals surface area contributed by atoms with Gasteiger partial charge in [-0.15, -0.1) is 0 Å². The Balaban J connectivity index is 1.46. The molecule has 2 aromatic heterocycles. The van der Waals surface area contributed by atoms with Gasteiger partial charge in [-0.2, -0.15) is 5.10 Å². The number of carbonyl (C=O) groups is 1. The maximum absolute atomic E-state index is 13.1. The van der Waals surface area contributed by atoms with Gasteiger partial charge in [-0.1, -0.05) is 13.8 Å². The van der Waals surface area contributed by atoms with Crippen LogP contribution in [0.15, 0.2) is 6.20 Å². The molecule has 0 saturated carbocycles. The van der Waals surface area contributed by atoms with E-state index in [2.05, 4.69) is 33.9 Å². The highest BCUT2D eigenvalue weighted by molar-refractivity contribution is 5.94. The Bertz CT molecular complexity index is 901. The van der Waals surface area contributed by atoms with E-state index in [1.54, 1.807) is 0 Å². The van der Waals surface area contributed by atoms with Crippen molar-refractivity contribution < 1.29 is 9.53 Å². The molecule has 1 amide bonds. The summed E-state index contributed by atoms with van der Waals surface area (Å²) in [6.45, 7) is 13.1. The lowest BCUT2D eigenvalue weighted by atomic mass is 9.99. The minimum absolute atomic E-state index is 0.00357. The number of aryl methyl sites for hydroxylation is 1. The van der Waals surface area contributed by atoms with Crippen molar-refractivity contribution in [1.82, 2.24) is 25.1 Å². The van der Waals surface area contributed by atoms with Gasteiger partial charge < -0.3 is 14.5 Å². The molecule has 2 aliphatic rings. The van der Waals surface area contributed by atoms with Crippen LogP contribution in [0.3, 0.4) is 0 Å². The van der Waals surface area contributed by atoms with E-state index in [-0.39, 0.29) is 18.1 Å². The lowest BCUT2D eigenvalue weighted by Crippen LogP contribution is -2.49. The number of amides is 1. The summed E-state index contributed by atoms with van der Waals surface area (Å²) in [6, 6.07) is 0. The van der Waals surface area contributed by atoms with E-state index in [0.717, 1.165) is 41.6 Å². The first kappa shape index (κ1) is 19.8. The van der Waals surface area contributed by atoms with Gasteiger partial charge in [-0.3, -0.25) is 9.89 Å². The second-order valence-electron chi connectivity index (χ2n) is 8.43. The standard InChI is InChI=1S/C21H30N6O2/c1-12(2)17-13(3)11-22-21(23-17)27-8-6-26(7-9-27)20(28)19-16-10-14(4)29-15(5)18(16)24-25-19/h11-12,14-15H,6-10H2,1-5H3,(H,24,25)/t14-,15+/m0/s1. The summed E-state index contributed by atoms with van der Waals surface area (Å²) in [7, 11) is 0. The van der Waals surface area contributed by atoms with E-state index in [1.165, 1.54) is 0 Å². The van der Waals surface area contributed by atoms with E-state index in [9.17, 15) is 4.79 Å². The topological polar surface area (TPSA) is 87.2 Å². The average Bonchev–Trinajstić information content (AvgIpc) is 3.12. The minimum Gasteiger partial charge on any atom is -0.369 e. The van der Waals surface area contributed by atoms with Crippen molar-refractivity contribution in [2.45, 2.75) is 59.2 Å². The number of anilines is 1. The Morgan fingerprint density at radius 3 is 2.66 bits per heavy atom. The van der Waals surface area contributed by atoms with Crippen LogP contribution >= 0.6 is 0 Å². The number of hydrogen-bond donors (Lipinski definition) is 1. The Hall–Kier alpha value is -2.48. The molecule has 8 heteroatoms. The number of aromatic nitrogens is 4. The molecule has 1 fully saturated rings. The first-order chi connectivity index (χ1) is 13.8. The van der Waals surface area contributed by atoms with E-state index < -0.39 is 0 Å². The van der Waals surface area contributed by atoms with E-state index in [0.29, 0.717) is 31.1 Å². The summed E-state index contributed by atoms with van der Waals surface area (Å²) in [4.78, 5) is 26.5. The number of nitrogens with zero attached hydrogens (tertiary/aromatic N) is 5. The molecule has 1 saturated heterocycles. The van der Waals surface area contributed by atoms with Crippen LogP contribution < -0.4 is 4.90 Å². The van der Waals surface area contributed by atoms with E-state index in [1.807, 2.05) is 31.9 Å². The van der Waals surface area contributed by atoms with Gasteiger partial charge in [0.15, 0.2) is 5.69 Å². The van der Waals surface area contributed by atoms with Gasteiger partial charge >= 0.3 is 0 Å². The summed E-state index contributed by atoms with van der Waals surface area (Å²) >= 11 is 0. The van der Waals surface area contributed by atoms with Crippen molar-refractivity contribution in [1.29, 1.82) is 0 Å².